The molecule has 2 aromatic carbocycles. The van der Waals surface area contributed by atoms with Crippen LogP contribution in [-0.4, -0.2) is 55.0 Å². The number of anilines is 1. The van der Waals surface area contributed by atoms with Crippen molar-refractivity contribution in [2.45, 2.75) is 6.42 Å². The third-order valence-electron chi connectivity index (χ3n) is 4.37. The second kappa shape index (κ2) is 8.97. The molecule has 0 atom stereocenters. The van der Waals surface area contributed by atoms with Gasteiger partial charge < -0.3 is 9.64 Å². The molecule has 29 heavy (non-hydrogen) atoms. The quantitative estimate of drug-likeness (QED) is 0.411. The first-order valence-corrected chi connectivity index (χ1v) is 9.86. The maximum Gasteiger partial charge on any atom is 0.269 e. The van der Waals surface area contributed by atoms with Gasteiger partial charge in [0.25, 0.3) is 11.6 Å². The Labute approximate surface area is 172 Å². The molecule has 0 aliphatic heterocycles. The van der Waals surface area contributed by atoms with Crippen LogP contribution in [0.3, 0.4) is 0 Å². The van der Waals surface area contributed by atoms with Gasteiger partial charge in [-0.3, -0.25) is 19.8 Å². The molecule has 9 heteroatoms. The summed E-state index contributed by atoms with van der Waals surface area (Å²) in [6, 6.07) is 11.2. The number of aromatic nitrogens is 1. The maximum absolute atomic E-state index is 13.2. The van der Waals surface area contributed by atoms with Crippen molar-refractivity contribution in [3.8, 4) is 5.75 Å². The van der Waals surface area contributed by atoms with E-state index < -0.39 is 4.92 Å². The van der Waals surface area contributed by atoms with Crippen molar-refractivity contribution in [1.29, 1.82) is 0 Å². The van der Waals surface area contributed by atoms with Gasteiger partial charge >= 0.3 is 0 Å². The molecule has 0 N–H and O–H groups in total. The molecular weight excluding hydrogens is 392 g/mol. The van der Waals surface area contributed by atoms with Crippen molar-refractivity contribution < 1.29 is 14.5 Å². The Hall–Kier alpha value is -3.04. The topological polar surface area (TPSA) is 88.8 Å². The minimum atomic E-state index is -0.482. The lowest BCUT2D eigenvalue weighted by molar-refractivity contribution is -0.384. The van der Waals surface area contributed by atoms with Crippen molar-refractivity contribution in [3.63, 3.8) is 0 Å². The number of methoxy groups -OCH3 is 1. The number of benzene rings is 2. The molecule has 1 heterocycles. The summed E-state index contributed by atoms with van der Waals surface area (Å²) in [5.41, 5.74) is 1.13. The molecule has 0 saturated heterocycles. The molecule has 0 bridgehead atoms. The molecule has 3 aromatic rings. The second-order valence-electron chi connectivity index (χ2n) is 6.75. The summed E-state index contributed by atoms with van der Waals surface area (Å²) in [6.45, 7) is 1.31. The van der Waals surface area contributed by atoms with Gasteiger partial charge in [-0.05, 0) is 57.4 Å². The van der Waals surface area contributed by atoms with E-state index in [2.05, 4.69) is 9.88 Å². The molecule has 1 amide bonds. The fourth-order valence-electron chi connectivity index (χ4n) is 2.85. The number of hydrogen-bond donors (Lipinski definition) is 0. The van der Waals surface area contributed by atoms with E-state index in [4.69, 9.17) is 4.74 Å². The average molecular weight is 414 g/mol. The first kappa shape index (κ1) is 20.7. The number of carbonyl (C=O) groups is 1. The highest BCUT2D eigenvalue weighted by molar-refractivity contribution is 7.22. The fraction of sp³-hybridized carbons (Fsp3) is 0.300. The molecule has 0 unspecified atom stereocenters. The van der Waals surface area contributed by atoms with Gasteiger partial charge in [0.15, 0.2) is 5.13 Å². The van der Waals surface area contributed by atoms with Crippen LogP contribution in [0.4, 0.5) is 10.8 Å². The summed E-state index contributed by atoms with van der Waals surface area (Å²) >= 11 is 1.42. The summed E-state index contributed by atoms with van der Waals surface area (Å²) < 4.78 is 6.19. The van der Waals surface area contributed by atoms with Gasteiger partial charge in [-0.25, -0.2) is 4.98 Å². The van der Waals surface area contributed by atoms with Crippen molar-refractivity contribution in [1.82, 2.24) is 9.88 Å². The number of hydrogen-bond acceptors (Lipinski definition) is 7. The first-order chi connectivity index (χ1) is 13.9. The third-order valence-corrected chi connectivity index (χ3v) is 5.41. The number of amides is 1. The van der Waals surface area contributed by atoms with Gasteiger partial charge in [0.05, 0.1) is 22.2 Å². The highest BCUT2D eigenvalue weighted by atomic mass is 32.1. The number of nitrogens with zero attached hydrogens (tertiary/aromatic N) is 4. The van der Waals surface area contributed by atoms with Crippen LogP contribution in [0.2, 0.25) is 0 Å². The molecule has 1 aromatic heterocycles. The van der Waals surface area contributed by atoms with Crippen LogP contribution < -0.4 is 9.64 Å². The van der Waals surface area contributed by atoms with Crippen LogP contribution in [-0.2, 0) is 0 Å². The van der Waals surface area contributed by atoms with Gasteiger partial charge in [-0.2, -0.15) is 0 Å². The Balaban J connectivity index is 1.92. The van der Waals surface area contributed by atoms with E-state index in [1.165, 1.54) is 35.6 Å². The zero-order valence-electron chi connectivity index (χ0n) is 16.5. The van der Waals surface area contributed by atoms with Crippen molar-refractivity contribution in [3.05, 3.63) is 58.1 Å². The third kappa shape index (κ3) is 4.87. The summed E-state index contributed by atoms with van der Waals surface area (Å²) in [6.07, 6.45) is 0.769. The zero-order valence-corrected chi connectivity index (χ0v) is 17.3. The van der Waals surface area contributed by atoms with Gasteiger partial charge in [0.1, 0.15) is 5.75 Å². The number of ether oxygens (including phenoxy) is 1. The monoisotopic (exact) mass is 414 g/mol. The van der Waals surface area contributed by atoms with Gasteiger partial charge in [-0.15, -0.1) is 0 Å². The van der Waals surface area contributed by atoms with E-state index in [0.29, 0.717) is 17.2 Å². The van der Waals surface area contributed by atoms with Gasteiger partial charge in [-0.1, -0.05) is 11.3 Å². The van der Waals surface area contributed by atoms with Crippen LogP contribution in [0, 0.1) is 10.1 Å². The Morgan fingerprint density at radius 3 is 2.52 bits per heavy atom. The lowest BCUT2D eigenvalue weighted by Crippen LogP contribution is -2.33. The molecule has 0 saturated carbocycles. The van der Waals surface area contributed by atoms with E-state index in [-0.39, 0.29) is 11.6 Å². The molecule has 0 aliphatic carbocycles. The highest BCUT2D eigenvalue weighted by Crippen LogP contribution is 2.32. The van der Waals surface area contributed by atoms with E-state index >= 15 is 0 Å². The van der Waals surface area contributed by atoms with Crippen LogP contribution >= 0.6 is 11.3 Å². The first-order valence-electron chi connectivity index (χ1n) is 9.04. The average Bonchev–Trinajstić information content (AvgIpc) is 3.13. The lowest BCUT2D eigenvalue weighted by Gasteiger charge is -2.21. The van der Waals surface area contributed by atoms with E-state index in [1.54, 1.807) is 12.0 Å². The summed E-state index contributed by atoms with van der Waals surface area (Å²) in [7, 11) is 5.56. The van der Waals surface area contributed by atoms with Crippen molar-refractivity contribution >= 4 is 38.3 Å². The summed E-state index contributed by atoms with van der Waals surface area (Å²) in [5.74, 6) is 0.498. The van der Waals surface area contributed by atoms with Gasteiger partial charge in [0.2, 0.25) is 0 Å². The molecule has 0 radical (unpaired) electrons. The molecule has 3 rings (SSSR count). The number of nitro groups is 1. The van der Waals surface area contributed by atoms with E-state index in [0.717, 1.165) is 28.9 Å². The number of thiazole rings is 1. The second-order valence-corrected chi connectivity index (χ2v) is 7.76. The van der Waals surface area contributed by atoms with Crippen molar-refractivity contribution in [2.24, 2.45) is 0 Å². The molecular formula is C20H22N4O4S. The van der Waals surface area contributed by atoms with Crippen LogP contribution in [0.15, 0.2) is 42.5 Å². The lowest BCUT2D eigenvalue weighted by atomic mass is 10.2. The number of carbonyl (C=O) groups excluding carboxylic acids is 1. The maximum atomic E-state index is 13.2. The zero-order chi connectivity index (χ0) is 21.0. The Kier molecular flexibility index (Phi) is 6.40. The molecule has 152 valence electrons. The SMILES string of the molecule is COc1ccc2nc(N(CCCN(C)C)C(=O)c3ccc([N+](=O)[O-])cc3)sc2c1. The number of fused-ring (bicyclic) bond motifs is 1. The van der Waals surface area contributed by atoms with Crippen LogP contribution in [0.5, 0.6) is 5.75 Å². The van der Waals surface area contributed by atoms with Gasteiger partial charge in [0, 0.05) is 24.2 Å². The fourth-order valence-corrected chi connectivity index (χ4v) is 3.86. The highest BCUT2D eigenvalue weighted by Gasteiger charge is 2.22. The van der Waals surface area contributed by atoms with Crippen molar-refractivity contribution in [2.75, 3.05) is 39.2 Å². The minimum Gasteiger partial charge on any atom is -0.497 e. The smallest absolute Gasteiger partial charge is 0.269 e. The largest absolute Gasteiger partial charge is 0.497 e. The predicted molar refractivity (Wildman–Crippen MR) is 114 cm³/mol. The number of rotatable bonds is 8. The molecule has 0 aliphatic rings. The van der Waals surface area contributed by atoms with Crippen LogP contribution in [0.25, 0.3) is 10.2 Å². The number of non-ortho nitro benzene ring substituents is 1. The number of nitro benzene ring substituents is 1. The molecule has 8 nitrogen and oxygen atoms in total. The predicted octanol–water partition coefficient (Wildman–Crippen LogP) is 3.81. The normalized spacial score (nSPS) is 11.0. The molecule has 0 spiro atoms. The van der Waals surface area contributed by atoms with E-state index in [1.807, 2.05) is 32.3 Å². The Morgan fingerprint density at radius 1 is 1.17 bits per heavy atom. The Morgan fingerprint density at radius 2 is 1.90 bits per heavy atom. The summed E-state index contributed by atoms with van der Waals surface area (Å²) in [4.78, 5) is 31.9. The Bertz CT molecular complexity index is 1020. The molecule has 0 fully saturated rings. The summed E-state index contributed by atoms with van der Waals surface area (Å²) in [5, 5.41) is 11.5. The van der Waals surface area contributed by atoms with E-state index in [9.17, 15) is 14.9 Å². The standard InChI is InChI=1S/C20H22N4O4S/c1-22(2)11-4-12-23(19(25)14-5-7-15(8-6-14)24(26)27)20-21-17-10-9-16(28-3)13-18(17)29-20/h5-10,13H,4,11-12H2,1-3H3. The minimum absolute atomic E-state index is 0.0483. The van der Waals surface area contributed by atoms with Crippen LogP contribution in [0.1, 0.15) is 16.8 Å².